The van der Waals surface area contributed by atoms with E-state index in [9.17, 15) is 14.4 Å². The molecule has 7 nitrogen and oxygen atoms in total. The Hall–Kier alpha value is -3.61. The number of carbonyl (C=O) groups is 2. The van der Waals surface area contributed by atoms with E-state index in [1.54, 1.807) is 49.4 Å². The van der Waals surface area contributed by atoms with Crippen molar-refractivity contribution >= 4 is 28.5 Å². The van der Waals surface area contributed by atoms with Gasteiger partial charge in [-0.3, -0.25) is 4.79 Å². The molecule has 1 aromatic heterocycles. The van der Waals surface area contributed by atoms with Crippen LogP contribution < -0.4 is 15.7 Å². The lowest BCUT2D eigenvalue weighted by molar-refractivity contribution is -0.122. The maximum atomic E-state index is 12.5. The van der Waals surface area contributed by atoms with E-state index in [1.165, 1.54) is 6.07 Å². The molecule has 2 aromatic carbocycles. The standard InChI is InChI=1S/C24H25NO6/c1-4-5-12-29-24(28)17-6-8-18(9-7-17)25-23(27)16(3)30-19-10-11-20-15(2)13-22(26)31-21(20)14-19/h6-11,13-14,16H,4-5,12H2,1-3H3,(H,25,27). The summed E-state index contributed by atoms with van der Waals surface area (Å²) in [7, 11) is 0. The first kappa shape index (κ1) is 22.1. The molecule has 0 aliphatic heterocycles. The van der Waals surface area contributed by atoms with Gasteiger partial charge in [-0.1, -0.05) is 13.3 Å². The van der Waals surface area contributed by atoms with Crippen LogP contribution in [0.1, 0.15) is 42.6 Å². The second-order valence-electron chi connectivity index (χ2n) is 7.22. The number of anilines is 1. The van der Waals surface area contributed by atoms with Crippen molar-refractivity contribution in [3.8, 4) is 5.75 Å². The number of nitrogens with one attached hydrogen (secondary N) is 1. The molecule has 1 amide bonds. The molecule has 1 heterocycles. The monoisotopic (exact) mass is 423 g/mol. The van der Waals surface area contributed by atoms with Crippen molar-refractivity contribution in [3.05, 3.63) is 70.1 Å². The minimum atomic E-state index is -0.798. The highest BCUT2D eigenvalue weighted by atomic mass is 16.5. The van der Waals surface area contributed by atoms with E-state index in [4.69, 9.17) is 13.9 Å². The molecule has 7 heteroatoms. The lowest BCUT2D eigenvalue weighted by Crippen LogP contribution is -2.30. The van der Waals surface area contributed by atoms with Gasteiger partial charge >= 0.3 is 11.6 Å². The topological polar surface area (TPSA) is 94.8 Å². The summed E-state index contributed by atoms with van der Waals surface area (Å²) in [6, 6.07) is 13.0. The van der Waals surface area contributed by atoms with Gasteiger partial charge < -0.3 is 19.2 Å². The SMILES string of the molecule is CCCCOC(=O)c1ccc(NC(=O)C(C)Oc2ccc3c(C)cc(=O)oc3c2)cc1. The Bertz CT molecular complexity index is 1130. The molecule has 0 radical (unpaired) electrons. The van der Waals surface area contributed by atoms with Crippen molar-refractivity contribution in [1.82, 2.24) is 0 Å². The van der Waals surface area contributed by atoms with Crippen LogP contribution in [0.3, 0.4) is 0 Å². The maximum Gasteiger partial charge on any atom is 0.338 e. The Morgan fingerprint density at radius 2 is 1.84 bits per heavy atom. The molecule has 0 saturated carbocycles. The first-order chi connectivity index (χ1) is 14.9. The van der Waals surface area contributed by atoms with Crippen molar-refractivity contribution in [2.45, 2.75) is 39.7 Å². The van der Waals surface area contributed by atoms with E-state index in [0.717, 1.165) is 23.8 Å². The summed E-state index contributed by atoms with van der Waals surface area (Å²) in [5.41, 5.74) is 1.72. The minimum absolute atomic E-state index is 0.357. The molecule has 0 aliphatic rings. The van der Waals surface area contributed by atoms with Crippen LogP contribution in [0.25, 0.3) is 11.0 Å². The van der Waals surface area contributed by atoms with Crippen LogP contribution in [0.15, 0.2) is 57.7 Å². The van der Waals surface area contributed by atoms with Crippen molar-refractivity contribution in [1.29, 1.82) is 0 Å². The van der Waals surface area contributed by atoms with Gasteiger partial charge in [-0.25, -0.2) is 9.59 Å². The van der Waals surface area contributed by atoms with Gasteiger partial charge in [-0.05, 0) is 62.2 Å². The molecule has 0 aliphatic carbocycles. The Kier molecular flexibility index (Phi) is 7.07. The largest absolute Gasteiger partial charge is 0.481 e. The molecule has 0 bridgehead atoms. The maximum absolute atomic E-state index is 12.5. The van der Waals surface area contributed by atoms with E-state index in [1.807, 2.05) is 13.8 Å². The summed E-state index contributed by atoms with van der Waals surface area (Å²) >= 11 is 0. The first-order valence-corrected chi connectivity index (χ1v) is 10.2. The highest BCUT2D eigenvalue weighted by molar-refractivity contribution is 5.95. The lowest BCUT2D eigenvalue weighted by Gasteiger charge is -2.15. The molecule has 1 N–H and O–H groups in total. The number of rotatable bonds is 8. The summed E-state index contributed by atoms with van der Waals surface area (Å²) in [5.74, 6) is -0.334. The summed E-state index contributed by atoms with van der Waals surface area (Å²) in [5, 5.41) is 3.55. The quantitative estimate of drug-likeness (QED) is 0.326. The summed E-state index contributed by atoms with van der Waals surface area (Å²) in [6.45, 7) is 5.85. The van der Waals surface area contributed by atoms with E-state index in [0.29, 0.717) is 29.2 Å². The normalized spacial score (nSPS) is 11.7. The zero-order valence-corrected chi connectivity index (χ0v) is 17.8. The number of esters is 1. The second-order valence-corrected chi connectivity index (χ2v) is 7.22. The van der Waals surface area contributed by atoms with Crippen molar-refractivity contribution in [3.63, 3.8) is 0 Å². The number of hydrogen-bond acceptors (Lipinski definition) is 6. The fourth-order valence-corrected chi connectivity index (χ4v) is 2.96. The third kappa shape index (κ3) is 5.72. The van der Waals surface area contributed by atoms with Crippen molar-refractivity contribution < 1.29 is 23.5 Å². The zero-order chi connectivity index (χ0) is 22.4. The summed E-state index contributed by atoms with van der Waals surface area (Å²) in [4.78, 5) is 36.0. The molecule has 3 aromatic rings. The second kappa shape index (κ2) is 9.93. The third-order valence-electron chi connectivity index (χ3n) is 4.72. The van der Waals surface area contributed by atoms with Crippen molar-refractivity contribution in [2.75, 3.05) is 11.9 Å². The number of unbranched alkanes of at least 4 members (excludes halogenated alkanes) is 1. The Morgan fingerprint density at radius 1 is 1.10 bits per heavy atom. The molecule has 0 fully saturated rings. The Labute approximate surface area is 180 Å². The molecular formula is C24H25NO6. The molecule has 0 spiro atoms. The van der Waals surface area contributed by atoms with Gasteiger partial charge in [-0.2, -0.15) is 0 Å². The van der Waals surface area contributed by atoms with Gasteiger partial charge in [0.2, 0.25) is 0 Å². The first-order valence-electron chi connectivity index (χ1n) is 10.2. The molecular weight excluding hydrogens is 398 g/mol. The van der Waals surface area contributed by atoms with Gasteiger partial charge in [0.15, 0.2) is 6.10 Å². The molecule has 3 rings (SSSR count). The highest BCUT2D eigenvalue weighted by Crippen LogP contribution is 2.23. The number of aryl methyl sites for hydroxylation is 1. The lowest BCUT2D eigenvalue weighted by atomic mass is 10.1. The third-order valence-corrected chi connectivity index (χ3v) is 4.72. The fourth-order valence-electron chi connectivity index (χ4n) is 2.96. The van der Waals surface area contributed by atoms with Gasteiger partial charge in [0.1, 0.15) is 11.3 Å². The van der Waals surface area contributed by atoms with Crippen LogP contribution in [0.2, 0.25) is 0 Å². The minimum Gasteiger partial charge on any atom is -0.481 e. The van der Waals surface area contributed by atoms with Crippen molar-refractivity contribution in [2.24, 2.45) is 0 Å². The van der Waals surface area contributed by atoms with Gasteiger partial charge in [-0.15, -0.1) is 0 Å². The predicted octanol–water partition coefficient (Wildman–Crippen LogP) is 4.46. The van der Waals surface area contributed by atoms with E-state index >= 15 is 0 Å². The zero-order valence-electron chi connectivity index (χ0n) is 17.8. The highest BCUT2D eigenvalue weighted by Gasteiger charge is 2.16. The number of carbonyl (C=O) groups excluding carboxylic acids is 2. The Morgan fingerprint density at radius 3 is 2.55 bits per heavy atom. The van der Waals surface area contributed by atoms with Gasteiger partial charge in [0, 0.05) is 23.2 Å². The van der Waals surface area contributed by atoms with Crippen LogP contribution in [0.5, 0.6) is 5.75 Å². The van der Waals surface area contributed by atoms with Crippen LogP contribution >= 0.6 is 0 Å². The van der Waals surface area contributed by atoms with Crippen LogP contribution in [0, 0.1) is 6.92 Å². The number of hydrogen-bond donors (Lipinski definition) is 1. The Balaban J connectivity index is 1.61. The van der Waals surface area contributed by atoms with E-state index in [-0.39, 0.29) is 11.9 Å². The molecule has 0 saturated heterocycles. The summed E-state index contributed by atoms with van der Waals surface area (Å²) < 4.78 is 16.1. The number of benzene rings is 2. The van der Waals surface area contributed by atoms with E-state index in [2.05, 4.69) is 5.32 Å². The van der Waals surface area contributed by atoms with Crippen LogP contribution in [-0.2, 0) is 9.53 Å². The van der Waals surface area contributed by atoms with Gasteiger partial charge in [0.05, 0.1) is 12.2 Å². The molecule has 1 atom stereocenters. The average Bonchev–Trinajstić information content (AvgIpc) is 2.74. The van der Waals surface area contributed by atoms with E-state index < -0.39 is 11.7 Å². The number of fused-ring (bicyclic) bond motifs is 1. The van der Waals surface area contributed by atoms with Crippen LogP contribution in [-0.4, -0.2) is 24.6 Å². The van der Waals surface area contributed by atoms with Gasteiger partial charge in [0.25, 0.3) is 5.91 Å². The smallest absolute Gasteiger partial charge is 0.338 e. The fraction of sp³-hybridized carbons (Fsp3) is 0.292. The molecule has 162 valence electrons. The number of amides is 1. The van der Waals surface area contributed by atoms with Crippen LogP contribution in [0.4, 0.5) is 5.69 Å². The molecule has 1 unspecified atom stereocenters. The predicted molar refractivity (Wildman–Crippen MR) is 118 cm³/mol. The average molecular weight is 423 g/mol. The molecule has 31 heavy (non-hydrogen) atoms. The summed E-state index contributed by atoms with van der Waals surface area (Å²) in [6.07, 6.45) is 0.972. The number of ether oxygens (including phenoxy) is 2.